The average molecular weight is 180 g/mol. The first-order valence-electron chi connectivity index (χ1n) is 2.74. The van der Waals surface area contributed by atoms with Crippen LogP contribution < -0.4 is 4.72 Å². The van der Waals surface area contributed by atoms with Crippen molar-refractivity contribution in [1.29, 1.82) is 0 Å². The zero-order valence-corrected chi connectivity index (χ0v) is 6.88. The van der Waals surface area contributed by atoms with Crippen molar-refractivity contribution in [3.05, 3.63) is 0 Å². The summed E-state index contributed by atoms with van der Waals surface area (Å²) in [6, 6.07) is 0. The lowest BCUT2D eigenvalue weighted by Crippen LogP contribution is -2.47. The van der Waals surface area contributed by atoms with Crippen LogP contribution in [0.1, 0.15) is 0 Å². The lowest BCUT2D eigenvalue weighted by Gasteiger charge is -2.20. The van der Waals surface area contributed by atoms with Gasteiger partial charge in [-0.3, -0.25) is 0 Å². The minimum absolute atomic E-state index is 1.04. The molecule has 0 aliphatic carbocycles. The molecule has 1 heterocycles. The predicted octanol–water partition coefficient (Wildman–Crippen LogP) is -1.15. The Labute approximate surface area is 64.4 Å². The maximum Gasteiger partial charge on any atom is 0.324 e. The van der Waals surface area contributed by atoms with E-state index in [1.807, 2.05) is 4.72 Å². The maximum absolute atomic E-state index is 10.7. The quantitative estimate of drug-likeness (QED) is 0.544. The summed E-state index contributed by atoms with van der Waals surface area (Å²) >= 11 is 0. The van der Waals surface area contributed by atoms with Crippen LogP contribution in [-0.2, 0) is 19.7 Å². The van der Waals surface area contributed by atoms with E-state index in [2.05, 4.69) is 4.40 Å². The lowest BCUT2D eigenvalue weighted by atomic mass is 10.5. The number of nitrogens with one attached hydrogen (secondary N) is 1. The van der Waals surface area contributed by atoms with Gasteiger partial charge in [-0.1, -0.05) is 0 Å². The van der Waals surface area contributed by atoms with Crippen LogP contribution in [-0.4, -0.2) is 34.8 Å². The molecular formula is C4H8N2O4S. The predicted molar refractivity (Wildman–Crippen MR) is 37.3 cm³/mol. The first-order chi connectivity index (χ1) is 5.04. The Morgan fingerprint density at radius 2 is 2.00 bits per heavy atom. The Bertz CT molecular complexity index is 266. The van der Waals surface area contributed by atoms with E-state index in [1.165, 1.54) is 14.2 Å². The normalized spacial score (nSPS) is 25.6. The third-order valence-corrected chi connectivity index (χ3v) is 2.16. The summed E-state index contributed by atoms with van der Waals surface area (Å²) in [4.78, 5) is 0. The van der Waals surface area contributed by atoms with Crippen molar-refractivity contribution >= 4 is 16.4 Å². The Morgan fingerprint density at radius 1 is 1.45 bits per heavy atom. The number of hydrogen-bond acceptors (Lipinski definition) is 4. The monoisotopic (exact) mass is 180 g/mol. The van der Waals surface area contributed by atoms with Gasteiger partial charge in [-0.15, -0.1) is 4.72 Å². The van der Waals surface area contributed by atoms with Gasteiger partial charge in [0, 0.05) is 14.2 Å². The molecule has 1 rings (SSSR count). The van der Waals surface area contributed by atoms with Crippen LogP contribution in [0.4, 0.5) is 0 Å². The molecule has 11 heavy (non-hydrogen) atoms. The molecule has 7 heteroatoms. The van der Waals surface area contributed by atoms with E-state index >= 15 is 0 Å². The Kier molecular flexibility index (Phi) is 1.97. The first kappa shape index (κ1) is 8.60. The van der Waals surface area contributed by atoms with Crippen molar-refractivity contribution in [3.8, 4) is 0 Å². The number of methoxy groups -OCH3 is 2. The minimum atomic E-state index is -3.61. The maximum atomic E-state index is 10.7. The molecule has 0 bridgehead atoms. The lowest BCUT2D eigenvalue weighted by molar-refractivity contribution is -0.154. The molecule has 0 aromatic rings. The van der Waals surface area contributed by atoms with Crippen molar-refractivity contribution in [2.24, 2.45) is 4.40 Å². The van der Waals surface area contributed by atoms with Gasteiger partial charge in [0.15, 0.2) is 0 Å². The molecule has 0 radical (unpaired) electrons. The molecule has 0 aromatic carbocycles. The minimum Gasteiger partial charge on any atom is -0.335 e. The molecule has 0 amide bonds. The second-order valence-corrected chi connectivity index (χ2v) is 3.25. The van der Waals surface area contributed by atoms with Gasteiger partial charge in [-0.25, -0.2) is 0 Å². The fourth-order valence-electron chi connectivity index (χ4n) is 0.643. The Hall–Kier alpha value is -0.500. The van der Waals surface area contributed by atoms with E-state index in [9.17, 15) is 8.42 Å². The summed E-state index contributed by atoms with van der Waals surface area (Å²) in [7, 11) is -0.991. The van der Waals surface area contributed by atoms with Crippen molar-refractivity contribution < 1.29 is 17.9 Å². The summed E-state index contributed by atoms with van der Waals surface area (Å²) in [5.74, 6) is -1.42. The van der Waals surface area contributed by atoms with Crippen LogP contribution >= 0.6 is 0 Å². The topological polar surface area (TPSA) is 77.0 Å². The van der Waals surface area contributed by atoms with E-state index in [4.69, 9.17) is 9.47 Å². The molecule has 0 unspecified atom stereocenters. The number of rotatable bonds is 2. The molecule has 0 aromatic heterocycles. The molecule has 0 saturated carbocycles. The second-order valence-electron chi connectivity index (χ2n) is 1.89. The SMILES string of the molecule is COC1(OC)C=NS(=O)(=O)N1. The smallest absolute Gasteiger partial charge is 0.324 e. The summed E-state index contributed by atoms with van der Waals surface area (Å²) in [5.41, 5.74) is 0. The van der Waals surface area contributed by atoms with E-state index in [-0.39, 0.29) is 0 Å². The van der Waals surface area contributed by atoms with Crippen LogP contribution in [0, 0.1) is 0 Å². The van der Waals surface area contributed by atoms with Crippen LogP contribution in [0.3, 0.4) is 0 Å². The fourth-order valence-corrected chi connectivity index (χ4v) is 1.55. The summed E-state index contributed by atoms with van der Waals surface area (Å²) < 4.78 is 36.0. The van der Waals surface area contributed by atoms with Crippen LogP contribution in [0.25, 0.3) is 0 Å². The van der Waals surface area contributed by atoms with Gasteiger partial charge < -0.3 is 9.47 Å². The number of nitrogens with zero attached hydrogens (tertiary/aromatic N) is 1. The summed E-state index contributed by atoms with van der Waals surface area (Å²) in [6.07, 6.45) is 1.04. The van der Waals surface area contributed by atoms with Crippen molar-refractivity contribution in [2.45, 2.75) is 5.91 Å². The number of ether oxygens (including phenoxy) is 2. The zero-order chi connectivity index (χ0) is 8.54. The molecular weight excluding hydrogens is 172 g/mol. The highest BCUT2D eigenvalue weighted by Crippen LogP contribution is 2.12. The molecule has 64 valence electrons. The van der Waals surface area contributed by atoms with Crippen molar-refractivity contribution in [2.75, 3.05) is 14.2 Å². The second kappa shape index (κ2) is 2.52. The highest BCUT2D eigenvalue weighted by molar-refractivity contribution is 7.88. The van der Waals surface area contributed by atoms with Gasteiger partial charge >= 0.3 is 10.2 Å². The van der Waals surface area contributed by atoms with E-state index in [0.29, 0.717) is 0 Å². The molecule has 1 N–H and O–H groups in total. The summed E-state index contributed by atoms with van der Waals surface area (Å²) in [5, 5.41) is 0. The Balaban J connectivity index is 2.90. The summed E-state index contributed by atoms with van der Waals surface area (Å²) in [6.45, 7) is 0. The van der Waals surface area contributed by atoms with Gasteiger partial charge in [0.2, 0.25) is 0 Å². The highest BCUT2D eigenvalue weighted by atomic mass is 32.2. The number of hydrogen-bond donors (Lipinski definition) is 1. The van der Waals surface area contributed by atoms with E-state index in [0.717, 1.165) is 6.21 Å². The van der Waals surface area contributed by atoms with E-state index < -0.39 is 16.1 Å². The third kappa shape index (κ3) is 1.56. The van der Waals surface area contributed by atoms with Crippen LogP contribution in [0.5, 0.6) is 0 Å². The van der Waals surface area contributed by atoms with Crippen LogP contribution in [0.2, 0.25) is 0 Å². The first-order valence-corrected chi connectivity index (χ1v) is 4.18. The largest absolute Gasteiger partial charge is 0.335 e. The molecule has 0 fully saturated rings. The fraction of sp³-hybridized carbons (Fsp3) is 0.750. The molecule has 0 saturated heterocycles. The molecule has 1 aliphatic rings. The van der Waals surface area contributed by atoms with Crippen molar-refractivity contribution in [1.82, 2.24) is 4.72 Å². The van der Waals surface area contributed by atoms with E-state index in [1.54, 1.807) is 0 Å². The Morgan fingerprint density at radius 3 is 2.18 bits per heavy atom. The van der Waals surface area contributed by atoms with Gasteiger partial charge in [0.1, 0.15) is 0 Å². The zero-order valence-electron chi connectivity index (χ0n) is 6.07. The molecule has 1 aliphatic heterocycles. The van der Waals surface area contributed by atoms with Gasteiger partial charge in [0.25, 0.3) is 5.91 Å². The molecule has 0 spiro atoms. The highest BCUT2D eigenvalue weighted by Gasteiger charge is 2.38. The third-order valence-electron chi connectivity index (χ3n) is 1.24. The molecule has 0 atom stereocenters. The standard InChI is InChI=1S/C4H8N2O4S/c1-9-4(10-2)3-5-11(7,8)6-4/h3,6H,1-2H3. The van der Waals surface area contributed by atoms with Gasteiger partial charge in [-0.05, 0) is 0 Å². The van der Waals surface area contributed by atoms with Gasteiger partial charge in [0.05, 0.1) is 6.21 Å². The molecule has 6 nitrogen and oxygen atoms in total. The van der Waals surface area contributed by atoms with Gasteiger partial charge in [-0.2, -0.15) is 12.8 Å². The van der Waals surface area contributed by atoms with Crippen LogP contribution in [0.15, 0.2) is 4.40 Å². The average Bonchev–Trinajstić information content (AvgIpc) is 2.28. The van der Waals surface area contributed by atoms with Crippen molar-refractivity contribution in [3.63, 3.8) is 0 Å².